The van der Waals surface area contributed by atoms with Crippen molar-refractivity contribution in [3.05, 3.63) is 108 Å². The van der Waals surface area contributed by atoms with Crippen LogP contribution in [0.15, 0.2) is 91.0 Å². The summed E-state index contributed by atoms with van der Waals surface area (Å²) in [5.41, 5.74) is 3.87. The molecular formula is C28H22FN3O. The zero-order valence-corrected chi connectivity index (χ0v) is 18.0. The second-order valence-electron chi connectivity index (χ2n) is 8.57. The molecule has 0 bridgehead atoms. The lowest BCUT2D eigenvalue weighted by atomic mass is 10.1. The Hall–Kier alpha value is -3.99. The van der Waals surface area contributed by atoms with Crippen LogP contribution in [-0.2, 0) is 11.3 Å². The highest BCUT2D eigenvalue weighted by atomic mass is 19.1. The number of nitrogens with zero attached hydrogens (tertiary/aromatic N) is 3. The number of rotatable bonds is 4. The monoisotopic (exact) mass is 435 g/mol. The topological polar surface area (TPSA) is 38.1 Å². The van der Waals surface area contributed by atoms with E-state index in [1.807, 2.05) is 47.4 Å². The number of imidazole rings is 1. The highest BCUT2D eigenvalue weighted by Crippen LogP contribution is 2.36. The molecule has 4 aromatic carbocycles. The van der Waals surface area contributed by atoms with Gasteiger partial charge in [-0.1, -0.05) is 60.7 Å². The molecule has 1 saturated heterocycles. The van der Waals surface area contributed by atoms with Crippen molar-refractivity contribution in [2.45, 2.75) is 18.9 Å². The van der Waals surface area contributed by atoms with E-state index < -0.39 is 0 Å². The van der Waals surface area contributed by atoms with Gasteiger partial charge in [-0.2, -0.15) is 0 Å². The predicted molar refractivity (Wildman–Crippen MR) is 129 cm³/mol. The molecule has 0 aliphatic carbocycles. The third-order valence-corrected chi connectivity index (χ3v) is 6.49. The van der Waals surface area contributed by atoms with Gasteiger partial charge in [0.05, 0.1) is 16.7 Å². The van der Waals surface area contributed by atoms with Crippen molar-refractivity contribution < 1.29 is 9.18 Å². The van der Waals surface area contributed by atoms with Crippen LogP contribution in [0.1, 0.15) is 23.7 Å². The maximum absolute atomic E-state index is 13.4. The minimum Gasteiger partial charge on any atom is -0.323 e. The van der Waals surface area contributed by atoms with Crippen LogP contribution in [0.4, 0.5) is 10.1 Å². The SMILES string of the molecule is O=C1C[C@H](c2nc3ccccc3n2Cc2ccc(F)cc2)CN1c1cccc2ccccc12. The van der Waals surface area contributed by atoms with Crippen LogP contribution < -0.4 is 4.90 Å². The molecule has 5 aromatic rings. The third kappa shape index (κ3) is 3.46. The lowest BCUT2D eigenvalue weighted by molar-refractivity contribution is -0.117. The number of carbonyl (C=O) groups is 1. The molecule has 33 heavy (non-hydrogen) atoms. The Morgan fingerprint density at radius 1 is 0.879 bits per heavy atom. The van der Waals surface area contributed by atoms with E-state index >= 15 is 0 Å². The van der Waals surface area contributed by atoms with Gasteiger partial charge in [0, 0.05) is 30.8 Å². The zero-order chi connectivity index (χ0) is 22.4. The number of aromatic nitrogens is 2. The fourth-order valence-corrected chi connectivity index (χ4v) is 4.90. The van der Waals surface area contributed by atoms with E-state index in [2.05, 4.69) is 28.8 Å². The smallest absolute Gasteiger partial charge is 0.227 e. The molecule has 0 radical (unpaired) electrons. The number of amides is 1. The lowest BCUT2D eigenvalue weighted by Gasteiger charge is -2.19. The van der Waals surface area contributed by atoms with Crippen molar-refractivity contribution in [2.75, 3.05) is 11.4 Å². The summed E-state index contributed by atoms with van der Waals surface area (Å²) in [5, 5.41) is 2.20. The van der Waals surface area contributed by atoms with Crippen molar-refractivity contribution in [2.24, 2.45) is 0 Å². The number of hydrogen-bond donors (Lipinski definition) is 0. The number of fused-ring (bicyclic) bond motifs is 2. The average molecular weight is 436 g/mol. The third-order valence-electron chi connectivity index (χ3n) is 6.49. The Bertz CT molecular complexity index is 1480. The number of carbonyl (C=O) groups excluding carboxylic acids is 1. The van der Waals surface area contributed by atoms with Crippen LogP contribution in [0, 0.1) is 5.82 Å². The summed E-state index contributed by atoms with van der Waals surface area (Å²) in [4.78, 5) is 20.0. The normalized spacial score (nSPS) is 16.2. The first-order valence-electron chi connectivity index (χ1n) is 11.1. The molecule has 1 aromatic heterocycles. The van der Waals surface area contributed by atoms with Gasteiger partial charge < -0.3 is 9.47 Å². The van der Waals surface area contributed by atoms with E-state index in [-0.39, 0.29) is 17.6 Å². The molecular weight excluding hydrogens is 413 g/mol. The Morgan fingerprint density at radius 2 is 1.64 bits per heavy atom. The van der Waals surface area contributed by atoms with Gasteiger partial charge in [0.2, 0.25) is 5.91 Å². The van der Waals surface area contributed by atoms with Crippen LogP contribution in [0.2, 0.25) is 0 Å². The highest BCUT2D eigenvalue weighted by Gasteiger charge is 2.35. The fourth-order valence-electron chi connectivity index (χ4n) is 4.90. The van der Waals surface area contributed by atoms with Gasteiger partial charge in [0.15, 0.2) is 0 Å². The van der Waals surface area contributed by atoms with E-state index in [0.29, 0.717) is 19.5 Å². The van der Waals surface area contributed by atoms with E-state index in [1.54, 1.807) is 12.1 Å². The molecule has 1 aliphatic heterocycles. The Labute approximate surface area is 190 Å². The molecule has 0 N–H and O–H groups in total. The van der Waals surface area contributed by atoms with Gasteiger partial charge in [0.25, 0.3) is 0 Å². The molecule has 0 saturated carbocycles. The molecule has 2 heterocycles. The quantitative estimate of drug-likeness (QED) is 0.353. The van der Waals surface area contributed by atoms with Crippen LogP contribution in [0.25, 0.3) is 21.8 Å². The summed E-state index contributed by atoms with van der Waals surface area (Å²) < 4.78 is 15.6. The van der Waals surface area contributed by atoms with Crippen LogP contribution in [0.3, 0.4) is 0 Å². The number of para-hydroxylation sites is 2. The minimum absolute atomic E-state index is 0.0238. The van der Waals surface area contributed by atoms with E-state index in [0.717, 1.165) is 38.9 Å². The second-order valence-corrected chi connectivity index (χ2v) is 8.57. The number of benzene rings is 4. The second kappa shape index (κ2) is 7.85. The largest absolute Gasteiger partial charge is 0.323 e. The molecule has 5 heteroatoms. The number of hydrogen-bond acceptors (Lipinski definition) is 2. The number of anilines is 1. The van der Waals surface area contributed by atoms with Crippen molar-refractivity contribution >= 4 is 33.4 Å². The van der Waals surface area contributed by atoms with Crippen molar-refractivity contribution in [1.29, 1.82) is 0 Å². The Balaban J connectivity index is 1.40. The molecule has 0 unspecified atom stereocenters. The molecule has 1 amide bonds. The van der Waals surface area contributed by atoms with Gasteiger partial charge in [-0.05, 0) is 41.3 Å². The first-order valence-corrected chi connectivity index (χ1v) is 11.1. The average Bonchev–Trinajstić information content (AvgIpc) is 3.40. The van der Waals surface area contributed by atoms with Crippen molar-refractivity contribution in [3.8, 4) is 0 Å². The van der Waals surface area contributed by atoms with Gasteiger partial charge >= 0.3 is 0 Å². The summed E-state index contributed by atoms with van der Waals surface area (Å²) in [7, 11) is 0. The minimum atomic E-state index is -0.249. The van der Waals surface area contributed by atoms with Gasteiger partial charge in [-0.15, -0.1) is 0 Å². The van der Waals surface area contributed by atoms with Crippen LogP contribution in [-0.4, -0.2) is 22.0 Å². The Morgan fingerprint density at radius 3 is 2.52 bits per heavy atom. The molecule has 1 atom stereocenters. The molecule has 0 spiro atoms. The maximum Gasteiger partial charge on any atom is 0.227 e. The van der Waals surface area contributed by atoms with E-state index in [9.17, 15) is 9.18 Å². The molecule has 162 valence electrons. The maximum atomic E-state index is 13.4. The van der Waals surface area contributed by atoms with Crippen molar-refractivity contribution in [3.63, 3.8) is 0 Å². The molecule has 1 aliphatic rings. The fraction of sp³-hybridized carbons (Fsp3) is 0.143. The molecule has 6 rings (SSSR count). The van der Waals surface area contributed by atoms with Gasteiger partial charge in [0.1, 0.15) is 11.6 Å². The first kappa shape index (κ1) is 19.7. The summed E-state index contributed by atoms with van der Waals surface area (Å²) in [6.07, 6.45) is 0.413. The first-order chi connectivity index (χ1) is 16.2. The standard InChI is InChI=1S/C28H22FN3O/c29-22-14-12-19(13-15-22)17-32-26-10-4-3-9-24(26)30-28(32)21-16-27(33)31(18-21)25-11-5-7-20-6-1-2-8-23(20)25/h1-15,21H,16-18H2/t21-/m0/s1. The lowest BCUT2D eigenvalue weighted by Crippen LogP contribution is -2.24. The van der Waals surface area contributed by atoms with Gasteiger partial charge in [-0.3, -0.25) is 4.79 Å². The summed E-state index contributed by atoms with van der Waals surface area (Å²) >= 11 is 0. The summed E-state index contributed by atoms with van der Waals surface area (Å²) in [5.74, 6) is 0.735. The Kier molecular flexibility index (Phi) is 4.68. The van der Waals surface area contributed by atoms with E-state index in [1.165, 1.54) is 12.1 Å². The predicted octanol–water partition coefficient (Wildman–Crippen LogP) is 5.90. The molecule has 1 fully saturated rings. The highest BCUT2D eigenvalue weighted by molar-refractivity contribution is 6.05. The van der Waals surface area contributed by atoms with Crippen LogP contribution >= 0.6 is 0 Å². The molecule has 4 nitrogen and oxygen atoms in total. The summed E-state index contributed by atoms with van der Waals surface area (Å²) in [6.45, 7) is 1.16. The van der Waals surface area contributed by atoms with Crippen molar-refractivity contribution in [1.82, 2.24) is 9.55 Å². The summed E-state index contributed by atoms with van der Waals surface area (Å²) in [6, 6.07) is 28.8. The number of halogens is 1. The zero-order valence-electron chi connectivity index (χ0n) is 18.0. The van der Waals surface area contributed by atoms with Gasteiger partial charge in [-0.25, -0.2) is 9.37 Å². The van der Waals surface area contributed by atoms with Crippen LogP contribution in [0.5, 0.6) is 0 Å². The van der Waals surface area contributed by atoms with E-state index in [4.69, 9.17) is 4.98 Å².